The number of hydrogen-bond donors (Lipinski definition) is 0. The van der Waals surface area contributed by atoms with E-state index in [1.54, 1.807) is 4.90 Å². The number of benzene rings is 1. The van der Waals surface area contributed by atoms with Crippen molar-refractivity contribution < 1.29 is 27.5 Å². The maximum Gasteiger partial charge on any atom is 0.338 e. The summed E-state index contributed by atoms with van der Waals surface area (Å²) in [5, 5.41) is 0. The van der Waals surface area contributed by atoms with E-state index in [0.29, 0.717) is 26.2 Å². The topological polar surface area (TPSA) is 93.2 Å². The molecule has 0 radical (unpaired) electrons. The van der Waals surface area contributed by atoms with Crippen LogP contribution in [0.1, 0.15) is 43.5 Å². The molecule has 0 spiro atoms. The van der Waals surface area contributed by atoms with Crippen molar-refractivity contribution in [1.29, 1.82) is 0 Å². The monoisotopic (exact) mass is 424 g/mol. The van der Waals surface area contributed by atoms with Gasteiger partial charge in [0.25, 0.3) is 5.91 Å². The Kier molecular flexibility index (Phi) is 6.92. The predicted octanol–water partition coefficient (Wildman–Crippen LogP) is 1.65. The van der Waals surface area contributed by atoms with E-state index in [2.05, 4.69) is 0 Å². The van der Waals surface area contributed by atoms with Crippen molar-refractivity contribution in [1.82, 2.24) is 9.21 Å². The lowest BCUT2D eigenvalue weighted by Crippen LogP contribution is -2.49. The molecule has 2 saturated heterocycles. The number of nitrogens with zero attached hydrogens (tertiary/aromatic N) is 2. The molecule has 160 valence electrons. The van der Waals surface area contributed by atoms with E-state index in [9.17, 15) is 18.0 Å². The third kappa shape index (κ3) is 5.34. The lowest BCUT2D eigenvalue weighted by molar-refractivity contribution is -0.146. The molecule has 1 aromatic carbocycles. The highest BCUT2D eigenvalue weighted by molar-refractivity contribution is 7.89. The van der Waals surface area contributed by atoms with Gasteiger partial charge >= 0.3 is 5.97 Å². The van der Waals surface area contributed by atoms with E-state index < -0.39 is 16.0 Å². The molecule has 3 rings (SSSR count). The number of amides is 1. The number of ether oxygens (including phenoxy) is 2. The minimum Gasteiger partial charge on any atom is -0.452 e. The van der Waals surface area contributed by atoms with Gasteiger partial charge in [-0.2, -0.15) is 4.31 Å². The Morgan fingerprint density at radius 3 is 2.41 bits per heavy atom. The van der Waals surface area contributed by atoms with Crippen molar-refractivity contribution in [2.24, 2.45) is 0 Å². The van der Waals surface area contributed by atoms with Gasteiger partial charge < -0.3 is 14.4 Å². The molecular weight excluding hydrogens is 396 g/mol. The Morgan fingerprint density at radius 1 is 1.10 bits per heavy atom. The first-order chi connectivity index (χ1) is 13.8. The summed E-state index contributed by atoms with van der Waals surface area (Å²) in [7, 11) is -3.64. The highest BCUT2D eigenvalue weighted by Gasteiger charge is 2.28. The van der Waals surface area contributed by atoms with E-state index in [1.807, 2.05) is 13.8 Å². The average molecular weight is 425 g/mol. The SMILES string of the molecule is C[C@H]1CN(C(=O)COC(=O)c2cccc(S(=O)(=O)N3CCCCC3)c2)C[C@H](C)O1. The average Bonchev–Trinajstić information content (AvgIpc) is 2.71. The summed E-state index contributed by atoms with van der Waals surface area (Å²) < 4.78 is 37.8. The summed E-state index contributed by atoms with van der Waals surface area (Å²) in [5.74, 6) is -1.01. The van der Waals surface area contributed by atoms with Gasteiger partial charge in [0.1, 0.15) is 0 Å². The molecule has 2 aliphatic heterocycles. The van der Waals surface area contributed by atoms with E-state index in [1.165, 1.54) is 28.6 Å². The zero-order chi connectivity index (χ0) is 21.0. The molecule has 1 amide bonds. The number of sulfonamides is 1. The number of rotatable bonds is 5. The first-order valence-electron chi connectivity index (χ1n) is 9.98. The zero-order valence-corrected chi connectivity index (χ0v) is 17.7. The maximum absolute atomic E-state index is 12.8. The zero-order valence-electron chi connectivity index (χ0n) is 16.9. The standard InChI is InChI=1S/C20H28N2O6S/c1-15-12-21(13-16(2)28-15)19(23)14-27-20(24)17-7-6-8-18(11-17)29(25,26)22-9-4-3-5-10-22/h6-8,11,15-16H,3-5,9-10,12-14H2,1-2H3/t15-,16-/m0/s1. The minimum atomic E-state index is -3.64. The molecule has 2 aliphatic rings. The third-order valence-corrected chi connectivity index (χ3v) is 7.02. The summed E-state index contributed by atoms with van der Waals surface area (Å²) in [6.07, 6.45) is 2.54. The minimum absolute atomic E-state index is 0.0657. The van der Waals surface area contributed by atoms with Gasteiger partial charge in [-0.15, -0.1) is 0 Å². The first kappa shape index (κ1) is 21.7. The molecular formula is C20H28N2O6S. The second kappa shape index (κ2) is 9.23. The van der Waals surface area contributed by atoms with Crippen LogP contribution in [0.3, 0.4) is 0 Å². The second-order valence-electron chi connectivity index (χ2n) is 7.62. The van der Waals surface area contributed by atoms with Crippen molar-refractivity contribution in [3.05, 3.63) is 29.8 Å². The van der Waals surface area contributed by atoms with Crippen molar-refractivity contribution in [3.8, 4) is 0 Å². The fourth-order valence-electron chi connectivity index (χ4n) is 3.72. The quantitative estimate of drug-likeness (QED) is 0.668. The van der Waals surface area contributed by atoms with E-state index in [-0.39, 0.29) is 35.2 Å². The van der Waals surface area contributed by atoms with Crippen LogP contribution in [0.15, 0.2) is 29.2 Å². The van der Waals surface area contributed by atoms with Crippen LogP contribution >= 0.6 is 0 Å². The molecule has 2 fully saturated rings. The second-order valence-corrected chi connectivity index (χ2v) is 9.56. The molecule has 2 heterocycles. The van der Waals surface area contributed by atoms with E-state index in [0.717, 1.165) is 19.3 Å². The summed E-state index contributed by atoms with van der Waals surface area (Å²) in [6, 6.07) is 5.79. The Hall–Kier alpha value is -1.97. The van der Waals surface area contributed by atoms with Crippen molar-refractivity contribution in [2.75, 3.05) is 32.8 Å². The molecule has 0 aliphatic carbocycles. The van der Waals surface area contributed by atoms with Gasteiger partial charge in [-0.3, -0.25) is 4.79 Å². The smallest absolute Gasteiger partial charge is 0.338 e. The molecule has 0 saturated carbocycles. The van der Waals surface area contributed by atoms with E-state index in [4.69, 9.17) is 9.47 Å². The van der Waals surface area contributed by atoms with Gasteiger partial charge in [0.2, 0.25) is 10.0 Å². The largest absolute Gasteiger partial charge is 0.452 e. The van der Waals surface area contributed by atoms with Gasteiger partial charge in [0.15, 0.2) is 6.61 Å². The van der Waals surface area contributed by atoms with Crippen LogP contribution in [0.25, 0.3) is 0 Å². The number of piperidine rings is 1. The van der Waals surface area contributed by atoms with E-state index >= 15 is 0 Å². The Labute approximate surface area is 171 Å². The van der Waals surface area contributed by atoms with Crippen LogP contribution in [0.4, 0.5) is 0 Å². The van der Waals surface area contributed by atoms with Crippen LogP contribution in [-0.2, 0) is 24.3 Å². The van der Waals surface area contributed by atoms with Gasteiger partial charge in [-0.25, -0.2) is 13.2 Å². The van der Waals surface area contributed by atoms with Crippen molar-refractivity contribution in [3.63, 3.8) is 0 Å². The Balaban J connectivity index is 1.63. The van der Waals surface area contributed by atoms with Crippen LogP contribution in [-0.4, -0.2) is 74.5 Å². The highest BCUT2D eigenvalue weighted by atomic mass is 32.2. The van der Waals surface area contributed by atoms with Crippen LogP contribution in [0, 0.1) is 0 Å². The fraction of sp³-hybridized carbons (Fsp3) is 0.600. The number of hydrogen-bond acceptors (Lipinski definition) is 6. The third-order valence-electron chi connectivity index (χ3n) is 5.12. The molecule has 0 aromatic heterocycles. The summed E-state index contributed by atoms with van der Waals surface area (Å²) in [6.45, 7) is 5.26. The Morgan fingerprint density at radius 2 is 1.76 bits per heavy atom. The highest BCUT2D eigenvalue weighted by Crippen LogP contribution is 2.21. The van der Waals surface area contributed by atoms with Crippen molar-refractivity contribution >= 4 is 21.9 Å². The number of carbonyl (C=O) groups excluding carboxylic acids is 2. The summed E-state index contributed by atoms with van der Waals surface area (Å²) in [4.78, 5) is 26.4. The van der Waals surface area contributed by atoms with Crippen LogP contribution in [0.2, 0.25) is 0 Å². The maximum atomic E-state index is 12.8. The summed E-state index contributed by atoms with van der Waals surface area (Å²) >= 11 is 0. The predicted molar refractivity (Wildman–Crippen MR) is 106 cm³/mol. The molecule has 1 aromatic rings. The number of carbonyl (C=O) groups is 2. The number of esters is 1. The van der Waals surface area contributed by atoms with Gasteiger partial charge in [-0.05, 0) is 44.9 Å². The number of morpholine rings is 1. The molecule has 29 heavy (non-hydrogen) atoms. The Bertz CT molecular complexity index is 840. The molecule has 0 N–H and O–H groups in total. The van der Waals surface area contributed by atoms with Gasteiger partial charge in [-0.1, -0.05) is 12.5 Å². The van der Waals surface area contributed by atoms with Gasteiger partial charge in [0.05, 0.1) is 22.7 Å². The van der Waals surface area contributed by atoms with Crippen molar-refractivity contribution in [2.45, 2.75) is 50.2 Å². The molecule has 9 heteroatoms. The lowest BCUT2D eigenvalue weighted by Gasteiger charge is -2.35. The lowest BCUT2D eigenvalue weighted by atomic mass is 10.2. The molecule has 0 unspecified atom stereocenters. The van der Waals surface area contributed by atoms with Crippen LogP contribution in [0.5, 0.6) is 0 Å². The molecule has 8 nitrogen and oxygen atoms in total. The fourth-order valence-corrected chi connectivity index (χ4v) is 5.28. The molecule has 0 bridgehead atoms. The summed E-state index contributed by atoms with van der Waals surface area (Å²) in [5.41, 5.74) is 0.111. The van der Waals surface area contributed by atoms with Crippen LogP contribution < -0.4 is 0 Å². The first-order valence-corrected chi connectivity index (χ1v) is 11.4. The normalized spacial score (nSPS) is 23.6. The van der Waals surface area contributed by atoms with Gasteiger partial charge in [0, 0.05) is 26.2 Å². The molecule has 2 atom stereocenters.